The lowest BCUT2D eigenvalue weighted by Gasteiger charge is -2.32. The van der Waals surface area contributed by atoms with Crippen molar-refractivity contribution >= 4 is 23.3 Å². The first-order valence-corrected chi connectivity index (χ1v) is 5.45. The fraction of sp³-hybridized carbons (Fsp3) is 0.333. The highest BCUT2D eigenvalue weighted by Crippen LogP contribution is 2.26. The van der Waals surface area contributed by atoms with E-state index in [1.165, 1.54) is 16.2 Å². The van der Waals surface area contributed by atoms with Gasteiger partial charge in [-0.25, -0.2) is 4.79 Å². The summed E-state index contributed by atoms with van der Waals surface area (Å²) in [6.07, 6.45) is 0. The number of hydrogen-bond acceptors (Lipinski definition) is 3. The van der Waals surface area contributed by atoms with Crippen LogP contribution in [0.5, 0.6) is 0 Å². The molecule has 2 heterocycles. The van der Waals surface area contributed by atoms with E-state index in [-0.39, 0.29) is 5.91 Å². The second kappa shape index (κ2) is 3.90. The molecule has 0 aliphatic carbocycles. The van der Waals surface area contributed by atoms with Crippen molar-refractivity contribution in [3.8, 4) is 0 Å². The average Bonchev–Trinajstić information content (AvgIpc) is 2.70. The first-order chi connectivity index (χ1) is 7.20. The Morgan fingerprint density at radius 2 is 2.47 bits per heavy atom. The predicted octanol–water partition coefficient (Wildman–Crippen LogP) is 0.300. The summed E-state index contributed by atoms with van der Waals surface area (Å²) < 4.78 is 0. The van der Waals surface area contributed by atoms with Gasteiger partial charge in [-0.3, -0.25) is 4.79 Å². The molecule has 0 bridgehead atoms. The SMILES string of the molecule is NC(=O)N1CCNC(=O)[C@@H]1c1cccs1. The minimum Gasteiger partial charge on any atom is -0.352 e. The molecular formula is C9H11N3O2S. The maximum Gasteiger partial charge on any atom is 0.315 e. The number of primary amides is 1. The van der Waals surface area contributed by atoms with E-state index in [9.17, 15) is 9.59 Å². The number of carbonyl (C=O) groups excluding carboxylic acids is 2. The molecule has 0 spiro atoms. The van der Waals surface area contributed by atoms with Crippen molar-refractivity contribution in [2.24, 2.45) is 5.73 Å². The molecule has 0 radical (unpaired) electrons. The van der Waals surface area contributed by atoms with Gasteiger partial charge in [0.15, 0.2) is 0 Å². The van der Waals surface area contributed by atoms with Crippen LogP contribution in [0.2, 0.25) is 0 Å². The molecule has 1 saturated heterocycles. The molecule has 1 aliphatic heterocycles. The highest BCUT2D eigenvalue weighted by Gasteiger charge is 2.33. The van der Waals surface area contributed by atoms with Crippen molar-refractivity contribution < 1.29 is 9.59 Å². The van der Waals surface area contributed by atoms with E-state index in [0.29, 0.717) is 13.1 Å². The Balaban J connectivity index is 2.31. The van der Waals surface area contributed by atoms with Crippen molar-refractivity contribution in [1.82, 2.24) is 10.2 Å². The summed E-state index contributed by atoms with van der Waals surface area (Å²) in [7, 11) is 0. The summed E-state index contributed by atoms with van der Waals surface area (Å²) in [6, 6.07) is 2.57. The van der Waals surface area contributed by atoms with Crippen LogP contribution < -0.4 is 11.1 Å². The average molecular weight is 225 g/mol. The predicted molar refractivity (Wildman–Crippen MR) is 56.4 cm³/mol. The van der Waals surface area contributed by atoms with Gasteiger partial charge in [-0.2, -0.15) is 0 Å². The monoisotopic (exact) mass is 225 g/mol. The summed E-state index contributed by atoms with van der Waals surface area (Å²) >= 11 is 1.44. The Morgan fingerprint density at radius 1 is 1.67 bits per heavy atom. The van der Waals surface area contributed by atoms with Gasteiger partial charge >= 0.3 is 6.03 Å². The van der Waals surface area contributed by atoms with E-state index < -0.39 is 12.1 Å². The van der Waals surface area contributed by atoms with Crippen LogP contribution in [-0.4, -0.2) is 29.9 Å². The highest BCUT2D eigenvalue weighted by molar-refractivity contribution is 7.10. The molecular weight excluding hydrogens is 214 g/mol. The van der Waals surface area contributed by atoms with E-state index in [1.807, 2.05) is 17.5 Å². The Labute approximate surface area is 90.9 Å². The smallest absolute Gasteiger partial charge is 0.315 e. The molecule has 5 nitrogen and oxygen atoms in total. The fourth-order valence-electron chi connectivity index (χ4n) is 1.63. The van der Waals surface area contributed by atoms with Crippen LogP contribution in [0, 0.1) is 0 Å². The summed E-state index contributed by atoms with van der Waals surface area (Å²) in [5.74, 6) is -0.164. The number of nitrogens with one attached hydrogen (secondary N) is 1. The number of thiophene rings is 1. The van der Waals surface area contributed by atoms with Gasteiger partial charge in [0.05, 0.1) is 0 Å². The minimum absolute atomic E-state index is 0.164. The molecule has 80 valence electrons. The Kier molecular flexibility index (Phi) is 2.59. The third kappa shape index (κ3) is 1.80. The highest BCUT2D eigenvalue weighted by atomic mass is 32.1. The Morgan fingerprint density at radius 3 is 3.07 bits per heavy atom. The van der Waals surface area contributed by atoms with Gasteiger partial charge in [0.2, 0.25) is 5.91 Å². The number of urea groups is 1. The Hall–Kier alpha value is -1.56. The van der Waals surface area contributed by atoms with Gasteiger partial charge in [-0.1, -0.05) is 6.07 Å². The second-order valence-electron chi connectivity index (χ2n) is 3.24. The normalized spacial score (nSPS) is 21.2. The van der Waals surface area contributed by atoms with E-state index >= 15 is 0 Å². The number of nitrogens with two attached hydrogens (primary N) is 1. The molecule has 2 rings (SSSR count). The van der Waals surface area contributed by atoms with Crippen LogP contribution in [0.25, 0.3) is 0 Å². The summed E-state index contributed by atoms with van der Waals surface area (Å²) in [6.45, 7) is 0.924. The summed E-state index contributed by atoms with van der Waals surface area (Å²) in [5, 5.41) is 4.59. The molecule has 1 atom stereocenters. The van der Waals surface area contributed by atoms with Crippen LogP contribution in [0.3, 0.4) is 0 Å². The number of nitrogens with zero attached hydrogens (tertiary/aromatic N) is 1. The summed E-state index contributed by atoms with van der Waals surface area (Å²) in [5.41, 5.74) is 5.24. The van der Waals surface area contributed by atoms with Crippen LogP contribution in [0.1, 0.15) is 10.9 Å². The molecule has 1 aromatic rings. The number of hydrogen-bond donors (Lipinski definition) is 2. The molecule has 6 heteroatoms. The first-order valence-electron chi connectivity index (χ1n) is 4.57. The number of piperazine rings is 1. The van der Waals surface area contributed by atoms with Gasteiger partial charge < -0.3 is 16.0 Å². The minimum atomic E-state index is -0.559. The zero-order valence-electron chi connectivity index (χ0n) is 7.97. The maximum atomic E-state index is 11.7. The van der Waals surface area contributed by atoms with Crippen molar-refractivity contribution in [2.75, 3.05) is 13.1 Å². The Bertz CT molecular complexity index is 377. The first kappa shape index (κ1) is 9.97. The lowest BCUT2D eigenvalue weighted by molar-refractivity contribution is -0.127. The van der Waals surface area contributed by atoms with Crippen molar-refractivity contribution in [3.63, 3.8) is 0 Å². The standard InChI is InChI=1S/C9H11N3O2S/c10-9(14)12-4-3-11-8(13)7(12)6-2-1-5-15-6/h1-2,5,7H,3-4H2,(H2,10,14)(H,11,13)/t7-/m0/s1. The van der Waals surface area contributed by atoms with Crippen molar-refractivity contribution in [2.45, 2.75) is 6.04 Å². The van der Waals surface area contributed by atoms with Crippen LogP contribution in [0.15, 0.2) is 17.5 Å². The topological polar surface area (TPSA) is 75.4 Å². The number of carbonyl (C=O) groups is 2. The molecule has 3 amide bonds. The molecule has 1 aliphatic rings. The van der Waals surface area contributed by atoms with Gasteiger partial charge in [0, 0.05) is 18.0 Å². The zero-order chi connectivity index (χ0) is 10.8. The number of amides is 3. The van der Waals surface area contributed by atoms with Crippen LogP contribution >= 0.6 is 11.3 Å². The van der Waals surface area contributed by atoms with Crippen LogP contribution in [0.4, 0.5) is 4.79 Å². The van der Waals surface area contributed by atoms with Gasteiger partial charge in [-0.15, -0.1) is 11.3 Å². The molecule has 1 fully saturated rings. The van der Waals surface area contributed by atoms with Gasteiger partial charge in [-0.05, 0) is 11.4 Å². The quantitative estimate of drug-likeness (QED) is 0.721. The lowest BCUT2D eigenvalue weighted by atomic mass is 10.1. The molecule has 0 unspecified atom stereocenters. The third-order valence-electron chi connectivity index (χ3n) is 2.31. The van der Waals surface area contributed by atoms with E-state index in [0.717, 1.165) is 4.88 Å². The third-order valence-corrected chi connectivity index (χ3v) is 3.23. The zero-order valence-corrected chi connectivity index (χ0v) is 8.79. The van der Waals surface area contributed by atoms with Gasteiger partial charge in [0.1, 0.15) is 6.04 Å². The van der Waals surface area contributed by atoms with Crippen molar-refractivity contribution in [3.05, 3.63) is 22.4 Å². The van der Waals surface area contributed by atoms with Gasteiger partial charge in [0.25, 0.3) is 0 Å². The molecule has 1 aromatic heterocycles. The van der Waals surface area contributed by atoms with E-state index in [1.54, 1.807) is 0 Å². The second-order valence-corrected chi connectivity index (χ2v) is 4.22. The number of rotatable bonds is 1. The van der Waals surface area contributed by atoms with Crippen molar-refractivity contribution in [1.29, 1.82) is 0 Å². The maximum absolute atomic E-state index is 11.7. The van der Waals surface area contributed by atoms with E-state index in [2.05, 4.69) is 5.32 Å². The summed E-state index contributed by atoms with van der Waals surface area (Å²) in [4.78, 5) is 25.1. The molecule has 0 aromatic carbocycles. The molecule has 15 heavy (non-hydrogen) atoms. The fourth-order valence-corrected chi connectivity index (χ4v) is 2.47. The molecule has 3 N–H and O–H groups in total. The van der Waals surface area contributed by atoms with E-state index in [4.69, 9.17) is 5.73 Å². The molecule has 0 saturated carbocycles. The van der Waals surface area contributed by atoms with Crippen LogP contribution in [-0.2, 0) is 4.79 Å². The lowest BCUT2D eigenvalue weighted by Crippen LogP contribution is -2.53. The largest absolute Gasteiger partial charge is 0.352 e.